The molecule has 0 unspecified atom stereocenters. The van der Waals surface area contributed by atoms with Gasteiger partial charge in [-0.15, -0.1) is 24.0 Å². The molecule has 0 radical (unpaired) electrons. The molecule has 27 heavy (non-hydrogen) atoms. The molecule has 1 amide bonds. The van der Waals surface area contributed by atoms with Crippen molar-refractivity contribution in [3.05, 3.63) is 71.5 Å². The minimum atomic E-state index is -0.284. The van der Waals surface area contributed by atoms with Crippen LogP contribution >= 0.6 is 24.0 Å². The molecule has 0 aliphatic heterocycles. The van der Waals surface area contributed by atoms with Crippen molar-refractivity contribution >= 4 is 35.8 Å². The quantitative estimate of drug-likeness (QED) is 0.307. The van der Waals surface area contributed by atoms with Crippen LogP contribution in [0.1, 0.15) is 18.1 Å². The van der Waals surface area contributed by atoms with Crippen molar-refractivity contribution < 1.29 is 9.18 Å². The van der Waals surface area contributed by atoms with Crippen LogP contribution < -0.4 is 16.0 Å². The van der Waals surface area contributed by atoms with Crippen molar-refractivity contribution in [1.82, 2.24) is 16.0 Å². The van der Waals surface area contributed by atoms with Crippen molar-refractivity contribution in [3.63, 3.8) is 0 Å². The summed E-state index contributed by atoms with van der Waals surface area (Å²) in [6.45, 7) is 3.66. The van der Waals surface area contributed by atoms with Crippen LogP contribution in [-0.4, -0.2) is 31.5 Å². The summed E-state index contributed by atoms with van der Waals surface area (Å²) in [6.07, 6.45) is 0.792. The molecule has 0 spiro atoms. The maximum Gasteiger partial charge on any atom is 0.239 e. The van der Waals surface area contributed by atoms with Gasteiger partial charge in [-0.25, -0.2) is 9.38 Å². The summed E-state index contributed by atoms with van der Waals surface area (Å²) in [5.41, 5.74) is 1.96. The van der Waals surface area contributed by atoms with Gasteiger partial charge in [-0.1, -0.05) is 42.5 Å². The summed E-state index contributed by atoms with van der Waals surface area (Å²) >= 11 is 0. The van der Waals surface area contributed by atoms with Gasteiger partial charge in [0, 0.05) is 13.1 Å². The number of carbonyl (C=O) groups excluding carboxylic acids is 1. The Morgan fingerprint density at radius 3 is 2.44 bits per heavy atom. The Hall–Kier alpha value is -2.16. The van der Waals surface area contributed by atoms with Crippen molar-refractivity contribution in [2.24, 2.45) is 4.99 Å². The normalized spacial score (nSPS) is 10.7. The van der Waals surface area contributed by atoms with E-state index >= 15 is 0 Å². The van der Waals surface area contributed by atoms with Gasteiger partial charge in [-0.3, -0.25) is 4.79 Å². The van der Waals surface area contributed by atoms with Crippen molar-refractivity contribution in [3.8, 4) is 0 Å². The first-order valence-corrected chi connectivity index (χ1v) is 8.74. The molecule has 0 saturated heterocycles. The number of halogens is 2. The highest BCUT2D eigenvalue weighted by atomic mass is 127. The molecule has 3 N–H and O–H groups in total. The van der Waals surface area contributed by atoms with E-state index in [2.05, 4.69) is 20.9 Å². The smallest absolute Gasteiger partial charge is 0.239 e. The van der Waals surface area contributed by atoms with Crippen LogP contribution in [0.15, 0.2) is 59.6 Å². The molecule has 2 rings (SSSR count). The molecule has 0 aliphatic rings. The molecule has 2 aromatic carbocycles. The lowest BCUT2D eigenvalue weighted by molar-refractivity contribution is -0.119. The number of amides is 1. The standard InChI is InChI=1S/C20H25FN4O.HI/c1-2-22-20(24-14-17-9-6-10-18(21)13-17)25-15-19(26)23-12-11-16-7-4-3-5-8-16;/h3-10,13H,2,11-12,14-15H2,1H3,(H,23,26)(H2,22,24,25);1H. The summed E-state index contributed by atoms with van der Waals surface area (Å²) in [5, 5.41) is 8.93. The Bertz CT molecular complexity index is 725. The Kier molecular flexibility index (Phi) is 11.1. The van der Waals surface area contributed by atoms with Gasteiger partial charge in [-0.05, 0) is 36.6 Å². The summed E-state index contributed by atoms with van der Waals surface area (Å²) in [4.78, 5) is 16.3. The third-order valence-corrected chi connectivity index (χ3v) is 3.65. The Morgan fingerprint density at radius 1 is 1.00 bits per heavy atom. The molecular weight excluding hydrogens is 458 g/mol. The molecule has 0 aromatic heterocycles. The van der Waals surface area contributed by atoms with Gasteiger partial charge in [0.25, 0.3) is 0 Å². The molecule has 0 bridgehead atoms. The lowest BCUT2D eigenvalue weighted by Crippen LogP contribution is -2.43. The number of rotatable bonds is 8. The summed E-state index contributed by atoms with van der Waals surface area (Å²) in [5.74, 6) is 0.140. The van der Waals surface area contributed by atoms with Crippen LogP contribution in [0.4, 0.5) is 4.39 Å². The average molecular weight is 484 g/mol. The number of nitrogens with zero attached hydrogens (tertiary/aromatic N) is 1. The summed E-state index contributed by atoms with van der Waals surface area (Å²) in [7, 11) is 0. The van der Waals surface area contributed by atoms with Crippen LogP contribution in [0.2, 0.25) is 0 Å². The zero-order valence-corrected chi connectivity index (χ0v) is 17.7. The largest absolute Gasteiger partial charge is 0.357 e. The number of carbonyl (C=O) groups is 1. The highest BCUT2D eigenvalue weighted by Gasteiger charge is 2.04. The molecule has 0 heterocycles. The second kappa shape index (κ2) is 13.1. The number of aliphatic imine (C=N–C) groups is 1. The van der Waals surface area contributed by atoms with Gasteiger partial charge in [0.1, 0.15) is 5.82 Å². The maximum atomic E-state index is 13.2. The molecule has 5 nitrogen and oxygen atoms in total. The zero-order chi connectivity index (χ0) is 18.6. The molecular formula is C20H26FIN4O. The highest BCUT2D eigenvalue weighted by Crippen LogP contribution is 2.04. The number of nitrogens with one attached hydrogen (secondary N) is 3. The van der Waals surface area contributed by atoms with Crippen LogP contribution in [-0.2, 0) is 17.8 Å². The van der Waals surface area contributed by atoms with Crippen LogP contribution in [0, 0.1) is 5.82 Å². The summed E-state index contributed by atoms with van der Waals surface area (Å²) in [6, 6.07) is 16.3. The monoisotopic (exact) mass is 484 g/mol. The van der Waals surface area contributed by atoms with Gasteiger partial charge in [0.15, 0.2) is 5.96 Å². The molecule has 2 aromatic rings. The number of guanidine groups is 1. The van der Waals surface area contributed by atoms with Gasteiger partial charge < -0.3 is 16.0 Å². The second-order valence-corrected chi connectivity index (χ2v) is 5.76. The number of hydrogen-bond donors (Lipinski definition) is 3. The molecule has 7 heteroatoms. The van der Waals surface area contributed by atoms with Gasteiger partial charge in [0.05, 0.1) is 13.1 Å². The second-order valence-electron chi connectivity index (χ2n) is 5.76. The minimum absolute atomic E-state index is 0. The Labute approximate surface area is 176 Å². The van der Waals surface area contributed by atoms with E-state index in [0.29, 0.717) is 25.6 Å². The molecule has 0 fully saturated rings. The fourth-order valence-electron chi connectivity index (χ4n) is 2.36. The van der Waals surface area contributed by atoms with E-state index in [4.69, 9.17) is 0 Å². The average Bonchev–Trinajstić information content (AvgIpc) is 2.65. The van der Waals surface area contributed by atoms with E-state index in [9.17, 15) is 9.18 Å². The van der Waals surface area contributed by atoms with Gasteiger partial charge in [0.2, 0.25) is 5.91 Å². The van der Waals surface area contributed by atoms with Crippen molar-refractivity contribution in [1.29, 1.82) is 0 Å². The maximum absolute atomic E-state index is 13.2. The Morgan fingerprint density at radius 2 is 1.74 bits per heavy atom. The van der Waals surface area contributed by atoms with Crippen LogP contribution in [0.25, 0.3) is 0 Å². The fourth-order valence-corrected chi connectivity index (χ4v) is 2.36. The third kappa shape index (κ3) is 9.37. The van der Waals surface area contributed by atoms with Crippen LogP contribution in [0.5, 0.6) is 0 Å². The number of benzene rings is 2. The Balaban J connectivity index is 0.00000364. The van der Waals surface area contributed by atoms with E-state index in [0.717, 1.165) is 12.0 Å². The predicted octanol–water partition coefficient (Wildman–Crippen LogP) is 2.86. The SMILES string of the molecule is CCNC(=NCc1cccc(F)c1)NCC(=O)NCCc1ccccc1.I. The molecule has 146 valence electrons. The molecule has 0 saturated carbocycles. The van der Waals surface area contributed by atoms with Crippen molar-refractivity contribution in [2.75, 3.05) is 19.6 Å². The summed E-state index contributed by atoms with van der Waals surface area (Å²) < 4.78 is 13.2. The number of hydrogen-bond acceptors (Lipinski definition) is 2. The van der Waals surface area contributed by atoms with E-state index in [-0.39, 0.29) is 42.2 Å². The lowest BCUT2D eigenvalue weighted by Gasteiger charge is -2.11. The van der Waals surface area contributed by atoms with Crippen LogP contribution in [0.3, 0.4) is 0 Å². The lowest BCUT2D eigenvalue weighted by atomic mass is 10.1. The first-order chi connectivity index (χ1) is 12.7. The molecule has 0 atom stereocenters. The molecule has 0 aliphatic carbocycles. The van der Waals surface area contributed by atoms with Gasteiger partial charge in [-0.2, -0.15) is 0 Å². The fraction of sp³-hybridized carbons (Fsp3) is 0.300. The topological polar surface area (TPSA) is 65.5 Å². The van der Waals surface area contributed by atoms with E-state index in [1.54, 1.807) is 6.07 Å². The zero-order valence-electron chi connectivity index (χ0n) is 15.4. The minimum Gasteiger partial charge on any atom is -0.357 e. The van der Waals surface area contributed by atoms with E-state index in [1.807, 2.05) is 43.3 Å². The van der Waals surface area contributed by atoms with Crippen molar-refractivity contribution in [2.45, 2.75) is 19.9 Å². The predicted molar refractivity (Wildman–Crippen MR) is 118 cm³/mol. The highest BCUT2D eigenvalue weighted by molar-refractivity contribution is 14.0. The first-order valence-electron chi connectivity index (χ1n) is 8.74. The first kappa shape index (κ1) is 22.9. The van der Waals surface area contributed by atoms with Gasteiger partial charge >= 0.3 is 0 Å². The third-order valence-electron chi connectivity index (χ3n) is 3.65. The van der Waals surface area contributed by atoms with E-state index < -0.39 is 0 Å². The van der Waals surface area contributed by atoms with E-state index in [1.165, 1.54) is 17.7 Å².